The van der Waals surface area contributed by atoms with E-state index >= 15 is 0 Å². The number of hydrogen-bond acceptors (Lipinski definition) is 3. The van der Waals surface area contributed by atoms with Crippen molar-refractivity contribution in [3.8, 4) is 0 Å². The van der Waals surface area contributed by atoms with Crippen molar-refractivity contribution in [2.45, 2.75) is 26.8 Å². The second-order valence-corrected chi connectivity index (χ2v) is 4.12. The van der Waals surface area contributed by atoms with E-state index in [2.05, 4.69) is 30.0 Å². The van der Waals surface area contributed by atoms with Crippen LogP contribution in [0.25, 0.3) is 0 Å². The van der Waals surface area contributed by atoms with Crippen LogP contribution in [0.15, 0.2) is 24.3 Å². The van der Waals surface area contributed by atoms with Gasteiger partial charge < -0.3 is 15.4 Å². The predicted molar refractivity (Wildman–Crippen MR) is 73.4 cm³/mol. The Morgan fingerprint density at radius 2 is 2.00 bits per heavy atom. The highest BCUT2D eigenvalue weighted by molar-refractivity contribution is 5.54. The van der Waals surface area contributed by atoms with Gasteiger partial charge in [-0.05, 0) is 32.4 Å². The van der Waals surface area contributed by atoms with E-state index in [1.165, 1.54) is 11.3 Å². The molecule has 0 bridgehead atoms. The van der Waals surface area contributed by atoms with Crippen LogP contribution in [0.5, 0.6) is 0 Å². The number of ether oxygens (including phenoxy) is 1. The van der Waals surface area contributed by atoms with Crippen molar-refractivity contribution in [1.29, 1.82) is 0 Å². The van der Waals surface area contributed by atoms with Gasteiger partial charge in [0.05, 0.1) is 6.61 Å². The van der Waals surface area contributed by atoms with Gasteiger partial charge in [-0.3, -0.25) is 0 Å². The lowest BCUT2D eigenvalue weighted by Crippen LogP contribution is -2.28. The third-order valence-corrected chi connectivity index (χ3v) is 2.86. The molecule has 1 atom stereocenters. The molecule has 0 radical (unpaired) electrons. The Hall–Kier alpha value is -1.06. The van der Waals surface area contributed by atoms with Gasteiger partial charge in [0.1, 0.15) is 0 Å². The molecule has 0 saturated heterocycles. The summed E-state index contributed by atoms with van der Waals surface area (Å²) in [6, 6.07) is 8.40. The molecule has 0 amide bonds. The fraction of sp³-hybridized carbons (Fsp3) is 0.571. The molecule has 17 heavy (non-hydrogen) atoms. The van der Waals surface area contributed by atoms with Crippen LogP contribution in [0, 0.1) is 0 Å². The molecule has 0 aromatic heterocycles. The van der Waals surface area contributed by atoms with Crippen molar-refractivity contribution in [1.82, 2.24) is 0 Å². The first-order valence-electron chi connectivity index (χ1n) is 6.37. The van der Waals surface area contributed by atoms with Crippen LogP contribution in [-0.2, 0) is 4.74 Å². The number of para-hydroxylation sites is 1. The Labute approximate surface area is 105 Å². The summed E-state index contributed by atoms with van der Waals surface area (Å²) in [5.74, 6) is 0. The van der Waals surface area contributed by atoms with Gasteiger partial charge in [0.2, 0.25) is 0 Å². The van der Waals surface area contributed by atoms with Crippen molar-refractivity contribution in [2.24, 2.45) is 5.73 Å². The van der Waals surface area contributed by atoms with E-state index in [-0.39, 0.29) is 6.04 Å². The lowest BCUT2D eigenvalue weighted by molar-refractivity contribution is 0.154. The third-order valence-electron chi connectivity index (χ3n) is 2.86. The van der Waals surface area contributed by atoms with Gasteiger partial charge in [0.25, 0.3) is 0 Å². The van der Waals surface area contributed by atoms with Crippen LogP contribution in [0.1, 0.15) is 32.4 Å². The largest absolute Gasteiger partial charge is 0.380 e. The van der Waals surface area contributed by atoms with Crippen molar-refractivity contribution in [3.05, 3.63) is 29.8 Å². The fourth-order valence-electron chi connectivity index (χ4n) is 1.93. The molecule has 0 spiro atoms. The first kappa shape index (κ1) is 14.0. The Morgan fingerprint density at radius 1 is 1.29 bits per heavy atom. The van der Waals surface area contributed by atoms with Crippen molar-refractivity contribution < 1.29 is 4.74 Å². The molecular weight excluding hydrogens is 212 g/mol. The van der Waals surface area contributed by atoms with Gasteiger partial charge in [0.15, 0.2) is 0 Å². The van der Waals surface area contributed by atoms with E-state index in [4.69, 9.17) is 10.5 Å². The molecule has 1 aromatic rings. The quantitative estimate of drug-likeness (QED) is 0.739. The minimum Gasteiger partial charge on any atom is -0.380 e. The first-order chi connectivity index (χ1) is 8.20. The minimum absolute atomic E-state index is 0.0624. The topological polar surface area (TPSA) is 38.5 Å². The van der Waals surface area contributed by atoms with E-state index in [0.717, 1.165) is 26.3 Å². The van der Waals surface area contributed by atoms with Crippen molar-refractivity contribution in [3.63, 3.8) is 0 Å². The molecule has 0 fully saturated rings. The normalized spacial score (nSPS) is 12.5. The zero-order valence-electron chi connectivity index (χ0n) is 11.1. The van der Waals surface area contributed by atoms with Crippen LogP contribution in [0.4, 0.5) is 5.69 Å². The number of anilines is 1. The van der Waals surface area contributed by atoms with E-state index in [1.54, 1.807) is 0 Å². The Bertz CT molecular complexity index is 326. The molecular formula is C14H24N2O. The monoisotopic (exact) mass is 236 g/mol. The van der Waals surface area contributed by atoms with Gasteiger partial charge >= 0.3 is 0 Å². The maximum Gasteiger partial charge on any atom is 0.0641 e. The van der Waals surface area contributed by atoms with Crippen molar-refractivity contribution >= 4 is 5.69 Å². The molecule has 0 aliphatic carbocycles. The average Bonchev–Trinajstić information content (AvgIpc) is 2.35. The average molecular weight is 236 g/mol. The summed E-state index contributed by atoms with van der Waals surface area (Å²) in [4.78, 5) is 2.31. The van der Waals surface area contributed by atoms with Crippen LogP contribution in [0.3, 0.4) is 0 Å². The predicted octanol–water partition coefficient (Wildman–Crippen LogP) is 2.57. The molecule has 0 aliphatic heterocycles. The molecule has 3 nitrogen and oxygen atoms in total. The smallest absolute Gasteiger partial charge is 0.0641 e. The second kappa shape index (κ2) is 7.30. The highest BCUT2D eigenvalue weighted by Gasteiger charge is 2.11. The number of rotatable bonds is 7. The van der Waals surface area contributed by atoms with Gasteiger partial charge in [-0.1, -0.05) is 18.2 Å². The standard InChI is InChI=1S/C14H24N2O/c1-4-16(10-11-17-5-2)14-9-7-6-8-13(14)12(3)15/h6-9,12H,4-5,10-11,15H2,1-3H3/t12-/m1/s1. The highest BCUT2D eigenvalue weighted by atomic mass is 16.5. The summed E-state index contributed by atoms with van der Waals surface area (Å²) < 4.78 is 5.41. The van der Waals surface area contributed by atoms with Gasteiger partial charge in [-0.25, -0.2) is 0 Å². The molecule has 1 aromatic carbocycles. The fourth-order valence-corrected chi connectivity index (χ4v) is 1.93. The maximum atomic E-state index is 6.00. The van der Waals surface area contributed by atoms with Crippen LogP contribution >= 0.6 is 0 Å². The summed E-state index contributed by atoms with van der Waals surface area (Å²) in [5, 5.41) is 0. The molecule has 0 unspecified atom stereocenters. The minimum atomic E-state index is 0.0624. The van der Waals surface area contributed by atoms with Gasteiger partial charge in [-0.15, -0.1) is 0 Å². The number of hydrogen-bond donors (Lipinski definition) is 1. The number of nitrogens with two attached hydrogens (primary N) is 1. The maximum absolute atomic E-state index is 6.00. The van der Waals surface area contributed by atoms with Crippen LogP contribution in [0.2, 0.25) is 0 Å². The summed E-state index contributed by atoms with van der Waals surface area (Å²) >= 11 is 0. The molecule has 0 saturated carbocycles. The molecule has 1 rings (SSSR count). The van der Waals surface area contributed by atoms with Gasteiger partial charge in [0, 0.05) is 31.4 Å². The SMILES string of the molecule is CCOCCN(CC)c1ccccc1[C@@H](C)N. The Balaban J connectivity index is 2.79. The molecule has 2 N–H and O–H groups in total. The summed E-state index contributed by atoms with van der Waals surface area (Å²) in [6.45, 7) is 9.61. The van der Waals surface area contributed by atoms with Crippen LogP contribution < -0.4 is 10.6 Å². The second-order valence-electron chi connectivity index (χ2n) is 4.12. The molecule has 0 aliphatic rings. The lowest BCUT2D eigenvalue weighted by atomic mass is 10.1. The van der Waals surface area contributed by atoms with Crippen molar-refractivity contribution in [2.75, 3.05) is 31.2 Å². The van der Waals surface area contributed by atoms with E-state index in [9.17, 15) is 0 Å². The summed E-state index contributed by atoms with van der Waals surface area (Å²) in [6.07, 6.45) is 0. The zero-order chi connectivity index (χ0) is 12.7. The number of benzene rings is 1. The Kier molecular flexibility index (Phi) is 6.01. The third kappa shape index (κ3) is 4.02. The molecule has 96 valence electrons. The molecule has 3 heteroatoms. The highest BCUT2D eigenvalue weighted by Crippen LogP contribution is 2.24. The number of likely N-dealkylation sites (N-methyl/N-ethyl adjacent to an activating group) is 1. The van der Waals surface area contributed by atoms with E-state index in [0.29, 0.717) is 0 Å². The summed E-state index contributed by atoms with van der Waals surface area (Å²) in [5.41, 5.74) is 8.43. The van der Waals surface area contributed by atoms with E-state index in [1.807, 2.05) is 19.9 Å². The summed E-state index contributed by atoms with van der Waals surface area (Å²) in [7, 11) is 0. The lowest BCUT2D eigenvalue weighted by Gasteiger charge is -2.26. The molecule has 0 heterocycles. The van der Waals surface area contributed by atoms with Gasteiger partial charge in [-0.2, -0.15) is 0 Å². The Morgan fingerprint density at radius 3 is 2.59 bits per heavy atom. The van der Waals surface area contributed by atoms with Crippen LogP contribution in [-0.4, -0.2) is 26.3 Å². The zero-order valence-corrected chi connectivity index (χ0v) is 11.1. The number of nitrogens with zero attached hydrogens (tertiary/aromatic N) is 1. The van der Waals surface area contributed by atoms with E-state index < -0.39 is 0 Å². The first-order valence-corrected chi connectivity index (χ1v) is 6.37.